The first-order valence-electron chi connectivity index (χ1n) is 9.47. The number of nitrogens with one attached hydrogen (secondary N) is 1. The molecule has 1 aromatic heterocycles. The molecule has 0 bridgehead atoms. The first kappa shape index (κ1) is 22.4. The van der Waals surface area contributed by atoms with E-state index in [1.165, 1.54) is 17.7 Å². The van der Waals surface area contributed by atoms with Gasteiger partial charge in [-0.05, 0) is 54.3 Å². The third kappa shape index (κ3) is 5.08. The molecule has 0 aliphatic heterocycles. The Balaban J connectivity index is 1.74. The Kier molecular flexibility index (Phi) is 7.01. The van der Waals surface area contributed by atoms with Crippen molar-refractivity contribution in [2.75, 3.05) is 6.54 Å². The Bertz CT molecular complexity index is 1230. The highest BCUT2D eigenvalue weighted by Gasteiger charge is 2.18. The van der Waals surface area contributed by atoms with Gasteiger partial charge in [-0.15, -0.1) is 0 Å². The fourth-order valence-electron chi connectivity index (χ4n) is 3.14. The second-order valence-electron chi connectivity index (χ2n) is 6.95. The van der Waals surface area contributed by atoms with Crippen LogP contribution in [0.5, 0.6) is 5.75 Å². The molecule has 31 heavy (non-hydrogen) atoms. The van der Waals surface area contributed by atoms with E-state index in [4.69, 9.17) is 28.5 Å². The molecule has 6 nitrogen and oxygen atoms in total. The number of amides is 1. The summed E-state index contributed by atoms with van der Waals surface area (Å²) < 4.78 is 1.26. The van der Waals surface area contributed by atoms with E-state index < -0.39 is 17.2 Å². The van der Waals surface area contributed by atoms with E-state index in [1.807, 2.05) is 12.1 Å². The second-order valence-corrected chi connectivity index (χ2v) is 7.77. The van der Waals surface area contributed by atoms with Gasteiger partial charge in [0, 0.05) is 13.6 Å². The van der Waals surface area contributed by atoms with Crippen LogP contribution in [0.15, 0.2) is 53.3 Å². The van der Waals surface area contributed by atoms with E-state index in [0.29, 0.717) is 46.3 Å². The lowest BCUT2D eigenvalue weighted by atomic mass is 10.1. The van der Waals surface area contributed by atoms with Crippen LogP contribution < -0.4 is 10.9 Å². The smallest absolute Gasteiger partial charge is 0.293 e. The Morgan fingerprint density at radius 1 is 1.13 bits per heavy atom. The van der Waals surface area contributed by atoms with Gasteiger partial charge < -0.3 is 15.0 Å². The maximum absolute atomic E-state index is 12.6. The molecule has 0 aliphatic carbocycles. The minimum Gasteiger partial charge on any atom is -0.502 e. The van der Waals surface area contributed by atoms with Crippen LogP contribution in [0, 0.1) is 11.3 Å². The predicted molar refractivity (Wildman–Crippen MR) is 121 cm³/mol. The molecule has 158 valence electrons. The van der Waals surface area contributed by atoms with Gasteiger partial charge in [-0.2, -0.15) is 5.26 Å². The fourth-order valence-corrected chi connectivity index (χ4v) is 3.46. The summed E-state index contributed by atoms with van der Waals surface area (Å²) in [6, 6.07) is 15.5. The highest BCUT2D eigenvalue weighted by molar-refractivity contribution is 6.42. The zero-order valence-electron chi connectivity index (χ0n) is 16.7. The summed E-state index contributed by atoms with van der Waals surface area (Å²) in [5.74, 6) is -1.15. The molecule has 0 fully saturated rings. The van der Waals surface area contributed by atoms with Gasteiger partial charge in [0.15, 0.2) is 5.75 Å². The van der Waals surface area contributed by atoms with Crippen molar-refractivity contribution >= 4 is 29.1 Å². The summed E-state index contributed by atoms with van der Waals surface area (Å²) in [7, 11) is 1.51. The third-order valence-electron chi connectivity index (χ3n) is 4.87. The highest BCUT2D eigenvalue weighted by atomic mass is 35.5. The van der Waals surface area contributed by atoms with Crippen LogP contribution in [0.25, 0.3) is 11.3 Å². The van der Waals surface area contributed by atoms with Gasteiger partial charge in [0.2, 0.25) is 0 Å². The fraction of sp³-hybridized carbons (Fsp3) is 0.174. The molecule has 0 aliphatic rings. The van der Waals surface area contributed by atoms with E-state index in [9.17, 15) is 14.7 Å². The Labute approximate surface area is 189 Å². The molecule has 0 atom stereocenters. The second kappa shape index (κ2) is 9.69. The Morgan fingerprint density at radius 2 is 1.84 bits per heavy atom. The maximum Gasteiger partial charge on any atom is 0.293 e. The molecule has 8 heteroatoms. The molecule has 2 N–H and O–H groups in total. The predicted octanol–water partition coefficient (Wildman–Crippen LogP) is 4.30. The SMILES string of the molecule is Cn1c(-c2ccc(C#N)cc2)cc(C(=O)NCCCc2ccc(Cl)c(Cl)c2)c(O)c1=O. The molecule has 0 radical (unpaired) electrons. The van der Waals surface area contributed by atoms with E-state index >= 15 is 0 Å². The van der Waals surface area contributed by atoms with Crippen LogP contribution in [0.2, 0.25) is 10.0 Å². The monoisotopic (exact) mass is 455 g/mol. The van der Waals surface area contributed by atoms with Gasteiger partial charge in [-0.3, -0.25) is 9.59 Å². The number of nitrogens with zero attached hydrogens (tertiary/aromatic N) is 2. The lowest BCUT2D eigenvalue weighted by Crippen LogP contribution is -2.28. The van der Waals surface area contributed by atoms with Crippen molar-refractivity contribution in [3.63, 3.8) is 0 Å². The minimum atomic E-state index is -0.678. The number of carbonyl (C=O) groups is 1. The molecule has 1 amide bonds. The molecular weight excluding hydrogens is 437 g/mol. The van der Waals surface area contributed by atoms with E-state index in [-0.39, 0.29) is 5.56 Å². The van der Waals surface area contributed by atoms with Gasteiger partial charge in [0.1, 0.15) is 0 Å². The van der Waals surface area contributed by atoms with Crippen LogP contribution in [0.1, 0.15) is 27.9 Å². The number of halogens is 2. The van der Waals surface area contributed by atoms with Gasteiger partial charge >= 0.3 is 0 Å². The first-order chi connectivity index (χ1) is 14.8. The summed E-state index contributed by atoms with van der Waals surface area (Å²) in [6.45, 7) is 0.347. The van der Waals surface area contributed by atoms with Crippen molar-refractivity contribution < 1.29 is 9.90 Å². The Morgan fingerprint density at radius 3 is 2.48 bits per heavy atom. The zero-order chi connectivity index (χ0) is 22.5. The number of aromatic hydroxyl groups is 1. The summed E-state index contributed by atoms with van der Waals surface area (Å²) >= 11 is 11.9. The number of pyridine rings is 1. The van der Waals surface area contributed by atoms with Crippen molar-refractivity contribution in [1.29, 1.82) is 5.26 Å². The highest BCUT2D eigenvalue weighted by Crippen LogP contribution is 2.24. The van der Waals surface area contributed by atoms with Crippen LogP contribution in [0.4, 0.5) is 0 Å². The number of aryl methyl sites for hydroxylation is 1. The van der Waals surface area contributed by atoms with Gasteiger partial charge in [-0.1, -0.05) is 41.4 Å². The number of hydrogen-bond donors (Lipinski definition) is 2. The largest absolute Gasteiger partial charge is 0.502 e. The molecule has 0 saturated carbocycles. The van der Waals surface area contributed by atoms with Crippen LogP contribution in [-0.2, 0) is 13.5 Å². The zero-order valence-corrected chi connectivity index (χ0v) is 18.2. The molecule has 0 saturated heterocycles. The number of aromatic nitrogens is 1. The molecule has 0 spiro atoms. The summed E-state index contributed by atoms with van der Waals surface area (Å²) in [5.41, 5.74) is 1.79. The van der Waals surface area contributed by atoms with E-state index in [1.54, 1.807) is 36.4 Å². The van der Waals surface area contributed by atoms with Crippen molar-refractivity contribution in [3.05, 3.63) is 85.6 Å². The summed E-state index contributed by atoms with van der Waals surface area (Å²) in [4.78, 5) is 25.1. The maximum atomic E-state index is 12.6. The first-order valence-corrected chi connectivity index (χ1v) is 10.2. The molecule has 3 rings (SSSR count). The van der Waals surface area contributed by atoms with Crippen LogP contribution >= 0.6 is 23.2 Å². The average molecular weight is 456 g/mol. The van der Waals surface area contributed by atoms with E-state index in [0.717, 1.165) is 5.56 Å². The van der Waals surface area contributed by atoms with Crippen LogP contribution in [0.3, 0.4) is 0 Å². The molecule has 3 aromatic rings. The number of hydrogen-bond acceptors (Lipinski definition) is 4. The topological polar surface area (TPSA) is 95.1 Å². The van der Waals surface area contributed by atoms with Gasteiger partial charge in [0.25, 0.3) is 11.5 Å². The average Bonchev–Trinajstić information content (AvgIpc) is 2.77. The Hall–Kier alpha value is -3.27. The number of rotatable bonds is 6. The lowest BCUT2D eigenvalue weighted by molar-refractivity contribution is 0.0950. The molecule has 0 unspecified atom stereocenters. The summed E-state index contributed by atoms with van der Waals surface area (Å²) in [6.07, 6.45) is 1.31. The van der Waals surface area contributed by atoms with Crippen LogP contribution in [-0.4, -0.2) is 22.1 Å². The van der Waals surface area contributed by atoms with Crippen molar-refractivity contribution in [3.8, 4) is 23.1 Å². The number of nitriles is 1. The number of carbonyl (C=O) groups excluding carboxylic acids is 1. The normalized spacial score (nSPS) is 10.5. The van der Waals surface area contributed by atoms with Crippen molar-refractivity contribution in [2.45, 2.75) is 12.8 Å². The lowest BCUT2D eigenvalue weighted by Gasteiger charge is -2.13. The molecule has 1 heterocycles. The number of benzene rings is 2. The standard InChI is InChI=1S/C23H19Cl2N3O3/c1-28-20(16-7-4-15(13-26)5-8-16)12-17(21(29)23(28)31)22(30)27-10-2-3-14-6-9-18(24)19(25)11-14/h4-9,11-12,29H,2-3,10H2,1H3,(H,27,30). The van der Waals surface area contributed by atoms with Crippen molar-refractivity contribution in [2.24, 2.45) is 7.05 Å². The molecule has 2 aromatic carbocycles. The third-order valence-corrected chi connectivity index (χ3v) is 5.61. The van der Waals surface area contributed by atoms with Crippen molar-refractivity contribution in [1.82, 2.24) is 9.88 Å². The van der Waals surface area contributed by atoms with Gasteiger partial charge in [-0.25, -0.2) is 0 Å². The quantitative estimate of drug-likeness (QED) is 0.541. The van der Waals surface area contributed by atoms with E-state index in [2.05, 4.69) is 5.32 Å². The molecular formula is C23H19Cl2N3O3. The van der Waals surface area contributed by atoms with Gasteiger partial charge in [0.05, 0.1) is 32.9 Å². The summed E-state index contributed by atoms with van der Waals surface area (Å²) in [5, 5.41) is 22.9. The minimum absolute atomic E-state index is 0.100.